The summed E-state index contributed by atoms with van der Waals surface area (Å²) in [5.41, 5.74) is 1.99. The number of nitrogens with one attached hydrogen (secondary N) is 1. The quantitative estimate of drug-likeness (QED) is 0.877. The highest BCUT2D eigenvalue weighted by Crippen LogP contribution is 2.24. The molecule has 0 bridgehead atoms. The van der Waals surface area contributed by atoms with Crippen molar-refractivity contribution < 1.29 is 9.18 Å². The Morgan fingerprint density at radius 3 is 3.08 bits per heavy atom. The fourth-order valence-electron chi connectivity index (χ4n) is 3.43. The van der Waals surface area contributed by atoms with E-state index in [0.717, 1.165) is 50.1 Å². The molecule has 0 unspecified atom stereocenters. The summed E-state index contributed by atoms with van der Waals surface area (Å²) in [7, 11) is 0. The molecule has 2 heterocycles. The predicted octanol–water partition coefficient (Wildman–Crippen LogP) is 2.90. The number of hydrogen-bond acceptors (Lipinski definition) is 3. The van der Waals surface area contributed by atoms with E-state index in [2.05, 4.69) is 15.2 Å². The molecule has 3 rings (SSSR count). The van der Waals surface area contributed by atoms with Crippen LogP contribution in [0, 0.1) is 12.7 Å². The molecule has 0 aliphatic carbocycles. The largest absolute Gasteiger partial charge is 0.369 e. The van der Waals surface area contributed by atoms with Crippen LogP contribution in [0.4, 0.5) is 10.1 Å². The summed E-state index contributed by atoms with van der Waals surface area (Å²) in [6.45, 7) is 4.45. The minimum Gasteiger partial charge on any atom is -0.369 e. The average Bonchev–Trinajstić information content (AvgIpc) is 3.08. The van der Waals surface area contributed by atoms with Gasteiger partial charge in [0.15, 0.2) is 0 Å². The second kappa shape index (κ2) is 8.14. The van der Waals surface area contributed by atoms with Gasteiger partial charge < -0.3 is 14.8 Å². The van der Waals surface area contributed by atoms with Crippen molar-refractivity contribution in [3.05, 3.63) is 48.3 Å². The normalized spacial score (nSPS) is 17.5. The van der Waals surface area contributed by atoms with Gasteiger partial charge in [0.05, 0.1) is 6.33 Å². The van der Waals surface area contributed by atoms with Gasteiger partial charge in [0, 0.05) is 50.2 Å². The number of rotatable bonds is 6. The Labute approximate surface area is 147 Å². The van der Waals surface area contributed by atoms with Crippen molar-refractivity contribution in [1.82, 2.24) is 14.9 Å². The monoisotopic (exact) mass is 344 g/mol. The molecule has 1 amide bonds. The maximum Gasteiger partial charge on any atom is 0.220 e. The standard InChI is InChI=1S/C19H25FN4O/c1-15-12-16(20)6-7-18(15)24-10-2-4-17(13-24)22-19(25)5-3-9-23-11-8-21-14-23/h6-8,11-12,14,17H,2-5,9-10,13H2,1H3,(H,22,25)/t17-/m1/s1. The SMILES string of the molecule is Cc1cc(F)ccc1N1CCC[C@@H](NC(=O)CCCn2ccnc2)C1. The molecule has 1 atom stereocenters. The highest BCUT2D eigenvalue weighted by Gasteiger charge is 2.22. The summed E-state index contributed by atoms with van der Waals surface area (Å²) in [5.74, 6) is -0.108. The number of carbonyl (C=O) groups excluding carboxylic acids is 1. The average molecular weight is 344 g/mol. The van der Waals surface area contributed by atoms with E-state index in [9.17, 15) is 9.18 Å². The lowest BCUT2D eigenvalue weighted by Crippen LogP contribution is -2.48. The number of benzene rings is 1. The van der Waals surface area contributed by atoms with E-state index >= 15 is 0 Å². The number of amides is 1. The van der Waals surface area contributed by atoms with Crippen LogP contribution in [0.2, 0.25) is 0 Å². The van der Waals surface area contributed by atoms with E-state index < -0.39 is 0 Å². The Morgan fingerprint density at radius 2 is 2.32 bits per heavy atom. The molecular weight excluding hydrogens is 319 g/mol. The first-order valence-electron chi connectivity index (χ1n) is 8.88. The van der Waals surface area contributed by atoms with Gasteiger partial charge in [-0.25, -0.2) is 9.37 Å². The Balaban J connectivity index is 1.48. The van der Waals surface area contributed by atoms with Crippen LogP contribution in [0.3, 0.4) is 0 Å². The smallest absolute Gasteiger partial charge is 0.220 e. The number of carbonyl (C=O) groups is 1. The van der Waals surface area contributed by atoms with E-state index in [1.165, 1.54) is 6.07 Å². The van der Waals surface area contributed by atoms with E-state index in [1.54, 1.807) is 18.6 Å². The first kappa shape index (κ1) is 17.5. The Kier molecular flexibility index (Phi) is 5.68. The van der Waals surface area contributed by atoms with E-state index in [4.69, 9.17) is 0 Å². The molecule has 1 saturated heterocycles. The van der Waals surface area contributed by atoms with Crippen LogP contribution in [-0.2, 0) is 11.3 Å². The van der Waals surface area contributed by atoms with Crippen LogP contribution in [0.5, 0.6) is 0 Å². The number of piperidine rings is 1. The Morgan fingerprint density at radius 1 is 1.44 bits per heavy atom. The molecule has 0 spiro atoms. The minimum absolute atomic E-state index is 0.0998. The molecule has 2 aromatic rings. The summed E-state index contributed by atoms with van der Waals surface area (Å²) < 4.78 is 15.3. The molecule has 1 aromatic carbocycles. The highest BCUT2D eigenvalue weighted by atomic mass is 19.1. The summed E-state index contributed by atoms with van der Waals surface area (Å²) in [6.07, 6.45) is 8.75. The van der Waals surface area contributed by atoms with Crippen LogP contribution < -0.4 is 10.2 Å². The van der Waals surface area contributed by atoms with Crippen molar-refractivity contribution in [3.8, 4) is 0 Å². The lowest BCUT2D eigenvalue weighted by molar-refractivity contribution is -0.122. The third-order valence-electron chi connectivity index (χ3n) is 4.67. The zero-order chi connectivity index (χ0) is 17.6. The number of halogens is 1. The van der Waals surface area contributed by atoms with Gasteiger partial charge in [-0.3, -0.25) is 4.79 Å². The van der Waals surface area contributed by atoms with E-state index in [-0.39, 0.29) is 17.8 Å². The lowest BCUT2D eigenvalue weighted by Gasteiger charge is -2.35. The fraction of sp³-hybridized carbons (Fsp3) is 0.474. The number of nitrogens with zero attached hydrogens (tertiary/aromatic N) is 3. The molecule has 134 valence electrons. The van der Waals surface area contributed by atoms with Gasteiger partial charge in [0.2, 0.25) is 5.91 Å². The van der Waals surface area contributed by atoms with Crippen LogP contribution in [0.15, 0.2) is 36.9 Å². The van der Waals surface area contributed by atoms with Gasteiger partial charge in [0.25, 0.3) is 0 Å². The number of aryl methyl sites for hydroxylation is 2. The molecule has 1 aliphatic rings. The second-order valence-corrected chi connectivity index (χ2v) is 6.69. The molecule has 1 aromatic heterocycles. The van der Waals surface area contributed by atoms with Gasteiger partial charge >= 0.3 is 0 Å². The first-order valence-corrected chi connectivity index (χ1v) is 8.88. The Hall–Kier alpha value is -2.37. The zero-order valence-corrected chi connectivity index (χ0v) is 14.6. The maximum atomic E-state index is 13.3. The van der Waals surface area contributed by atoms with Crippen molar-refractivity contribution >= 4 is 11.6 Å². The van der Waals surface area contributed by atoms with E-state index in [0.29, 0.717) is 6.42 Å². The van der Waals surface area contributed by atoms with Gasteiger partial charge in [-0.1, -0.05) is 0 Å². The van der Waals surface area contributed by atoms with Crippen molar-refractivity contribution in [1.29, 1.82) is 0 Å². The van der Waals surface area contributed by atoms with Crippen molar-refractivity contribution in [3.63, 3.8) is 0 Å². The van der Waals surface area contributed by atoms with Crippen molar-refractivity contribution in [2.75, 3.05) is 18.0 Å². The lowest BCUT2D eigenvalue weighted by atomic mass is 10.0. The summed E-state index contributed by atoms with van der Waals surface area (Å²) in [6, 6.07) is 5.05. The van der Waals surface area contributed by atoms with Crippen LogP contribution in [-0.4, -0.2) is 34.6 Å². The minimum atomic E-state index is -0.207. The topological polar surface area (TPSA) is 50.2 Å². The van der Waals surface area contributed by atoms with Crippen molar-refractivity contribution in [2.45, 2.75) is 45.2 Å². The summed E-state index contributed by atoms with van der Waals surface area (Å²) in [4.78, 5) is 18.4. The second-order valence-electron chi connectivity index (χ2n) is 6.69. The van der Waals surface area contributed by atoms with Gasteiger partial charge in [-0.05, 0) is 49.9 Å². The highest BCUT2D eigenvalue weighted by molar-refractivity contribution is 5.76. The molecule has 6 heteroatoms. The third-order valence-corrected chi connectivity index (χ3v) is 4.67. The van der Waals surface area contributed by atoms with Crippen molar-refractivity contribution in [2.24, 2.45) is 0 Å². The van der Waals surface area contributed by atoms with Gasteiger partial charge in [-0.15, -0.1) is 0 Å². The Bertz CT molecular complexity index is 701. The molecule has 1 aliphatic heterocycles. The van der Waals surface area contributed by atoms with Crippen LogP contribution in [0.25, 0.3) is 0 Å². The first-order chi connectivity index (χ1) is 12.1. The molecule has 1 fully saturated rings. The maximum absolute atomic E-state index is 13.3. The molecule has 0 saturated carbocycles. The zero-order valence-electron chi connectivity index (χ0n) is 14.6. The molecular formula is C19H25FN4O. The van der Waals surface area contributed by atoms with Crippen LogP contribution in [0.1, 0.15) is 31.2 Å². The fourth-order valence-corrected chi connectivity index (χ4v) is 3.43. The number of aromatic nitrogens is 2. The molecule has 25 heavy (non-hydrogen) atoms. The molecule has 5 nitrogen and oxygen atoms in total. The van der Waals surface area contributed by atoms with Gasteiger partial charge in [-0.2, -0.15) is 0 Å². The van der Waals surface area contributed by atoms with Crippen LogP contribution >= 0.6 is 0 Å². The third kappa shape index (κ3) is 4.81. The summed E-state index contributed by atoms with van der Waals surface area (Å²) >= 11 is 0. The van der Waals surface area contributed by atoms with E-state index in [1.807, 2.05) is 23.8 Å². The molecule has 1 N–H and O–H groups in total. The molecule has 0 radical (unpaired) electrons. The summed E-state index contributed by atoms with van der Waals surface area (Å²) in [5, 5.41) is 3.15. The number of hydrogen-bond donors (Lipinski definition) is 1. The van der Waals surface area contributed by atoms with Gasteiger partial charge in [0.1, 0.15) is 5.82 Å². The number of anilines is 1. The predicted molar refractivity (Wildman–Crippen MR) is 96.0 cm³/mol. The number of imidazole rings is 1.